The van der Waals surface area contributed by atoms with Crippen LogP contribution in [0.15, 0.2) is 97.1 Å². The van der Waals surface area contributed by atoms with Gasteiger partial charge < -0.3 is 10.0 Å². The molecule has 0 unspecified atom stereocenters. The summed E-state index contributed by atoms with van der Waals surface area (Å²) < 4.78 is 0. The first-order valence-corrected chi connectivity index (χ1v) is 11.0. The van der Waals surface area contributed by atoms with Crippen LogP contribution < -0.4 is 0 Å². The van der Waals surface area contributed by atoms with E-state index in [-0.39, 0.29) is 5.91 Å². The summed E-state index contributed by atoms with van der Waals surface area (Å²) in [5.74, 6) is 0.0297. The maximum atomic E-state index is 13.1. The van der Waals surface area contributed by atoms with Gasteiger partial charge in [-0.05, 0) is 47.9 Å². The van der Waals surface area contributed by atoms with Gasteiger partial charge in [0.2, 0.25) is 5.91 Å². The minimum atomic E-state index is -0.850. The number of amides is 1. The zero-order chi connectivity index (χ0) is 21.5. The fraction of sp³-hybridized carbons (Fsp3) is 0.250. The van der Waals surface area contributed by atoms with E-state index in [2.05, 4.69) is 24.3 Å². The third-order valence-corrected chi connectivity index (χ3v) is 6.18. The molecule has 4 rings (SSSR count). The van der Waals surface area contributed by atoms with Gasteiger partial charge in [0.25, 0.3) is 0 Å². The molecule has 0 aliphatic carbocycles. The van der Waals surface area contributed by atoms with E-state index in [4.69, 9.17) is 0 Å². The molecule has 1 aliphatic rings. The smallest absolute Gasteiger partial charge is 0.246 e. The third kappa shape index (κ3) is 5.31. The number of aliphatic hydroxyl groups is 1. The van der Waals surface area contributed by atoms with Crippen LogP contribution in [0.4, 0.5) is 0 Å². The first-order valence-electron chi connectivity index (χ1n) is 11.0. The average molecular weight is 412 g/mol. The number of aryl methyl sites for hydroxylation is 1. The van der Waals surface area contributed by atoms with Crippen LogP contribution in [0.25, 0.3) is 5.57 Å². The van der Waals surface area contributed by atoms with Crippen molar-refractivity contribution in [1.82, 2.24) is 4.90 Å². The maximum absolute atomic E-state index is 13.1. The predicted octanol–water partition coefficient (Wildman–Crippen LogP) is 5.21. The second-order valence-electron chi connectivity index (χ2n) is 8.24. The molecule has 0 saturated carbocycles. The Balaban J connectivity index is 1.46. The molecule has 3 nitrogen and oxygen atoms in total. The fourth-order valence-electron chi connectivity index (χ4n) is 4.25. The zero-order valence-electron chi connectivity index (χ0n) is 17.8. The van der Waals surface area contributed by atoms with E-state index in [9.17, 15) is 9.90 Å². The van der Waals surface area contributed by atoms with Gasteiger partial charge in [0.15, 0.2) is 0 Å². The normalized spacial score (nSPS) is 16.2. The molecule has 0 bridgehead atoms. The molecule has 0 atom stereocenters. The maximum Gasteiger partial charge on any atom is 0.246 e. The molecule has 1 amide bonds. The van der Waals surface area contributed by atoms with Gasteiger partial charge >= 0.3 is 0 Å². The van der Waals surface area contributed by atoms with Crippen molar-refractivity contribution in [3.63, 3.8) is 0 Å². The lowest BCUT2D eigenvalue weighted by Crippen LogP contribution is -2.44. The Bertz CT molecular complexity index is 1000. The number of nitrogens with zero attached hydrogens (tertiary/aromatic N) is 1. The Kier molecular flexibility index (Phi) is 6.63. The number of rotatable bonds is 6. The van der Waals surface area contributed by atoms with E-state index in [0.29, 0.717) is 25.9 Å². The first-order chi connectivity index (χ1) is 15.1. The van der Waals surface area contributed by atoms with Crippen LogP contribution >= 0.6 is 0 Å². The van der Waals surface area contributed by atoms with Gasteiger partial charge in [-0.25, -0.2) is 0 Å². The minimum absolute atomic E-state index is 0.0297. The first kappa shape index (κ1) is 21.1. The summed E-state index contributed by atoms with van der Waals surface area (Å²) in [5.41, 5.74) is 3.49. The summed E-state index contributed by atoms with van der Waals surface area (Å²) in [5, 5.41) is 11.1. The highest BCUT2D eigenvalue weighted by molar-refractivity contribution is 5.95. The molecule has 1 heterocycles. The number of carbonyl (C=O) groups excluding carboxylic acids is 1. The van der Waals surface area contributed by atoms with Gasteiger partial charge in [0.05, 0.1) is 5.60 Å². The molecule has 3 heteroatoms. The van der Waals surface area contributed by atoms with Crippen LogP contribution in [0.1, 0.15) is 36.0 Å². The average Bonchev–Trinajstić information content (AvgIpc) is 2.84. The van der Waals surface area contributed by atoms with E-state index >= 15 is 0 Å². The molecule has 1 aliphatic heterocycles. The Morgan fingerprint density at radius 2 is 1.39 bits per heavy atom. The van der Waals surface area contributed by atoms with Gasteiger partial charge in [-0.1, -0.05) is 91.0 Å². The topological polar surface area (TPSA) is 40.5 Å². The van der Waals surface area contributed by atoms with Crippen LogP contribution in [-0.2, 0) is 16.8 Å². The minimum Gasteiger partial charge on any atom is -0.385 e. The van der Waals surface area contributed by atoms with Gasteiger partial charge in [-0.3, -0.25) is 4.79 Å². The number of likely N-dealkylation sites (tertiary alicyclic amines) is 1. The molecule has 3 aromatic rings. The van der Waals surface area contributed by atoms with Gasteiger partial charge in [0.1, 0.15) is 0 Å². The van der Waals surface area contributed by atoms with Crippen molar-refractivity contribution in [2.75, 3.05) is 13.1 Å². The van der Waals surface area contributed by atoms with Crippen molar-refractivity contribution in [2.24, 2.45) is 0 Å². The molecule has 0 radical (unpaired) electrons. The highest BCUT2D eigenvalue weighted by Crippen LogP contribution is 2.33. The van der Waals surface area contributed by atoms with Crippen molar-refractivity contribution in [3.8, 4) is 0 Å². The van der Waals surface area contributed by atoms with E-state index in [0.717, 1.165) is 29.5 Å². The number of carbonyl (C=O) groups is 1. The quantitative estimate of drug-likeness (QED) is 0.566. The Morgan fingerprint density at radius 1 is 0.839 bits per heavy atom. The number of benzene rings is 3. The molecule has 0 spiro atoms. The lowest BCUT2D eigenvalue weighted by Gasteiger charge is -2.38. The van der Waals surface area contributed by atoms with Crippen LogP contribution in [0.5, 0.6) is 0 Å². The molecule has 31 heavy (non-hydrogen) atoms. The molecule has 1 saturated heterocycles. The summed E-state index contributed by atoms with van der Waals surface area (Å²) in [6, 6.07) is 30.3. The van der Waals surface area contributed by atoms with Crippen molar-refractivity contribution >= 4 is 11.5 Å². The second-order valence-corrected chi connectivity index (χ2v) is 8.24. The molecule has 1 N–H and O–H groups in total. The Labute approximate surface area is 184 Å². The largest absolute Gasteiger partial charge is 0.385 e. The summed E-state index contributed by atoms with van der Waals surface area (Å²) in [6.45, 7) is 1.11. The van der Waals surface area contributed by atoms with Crippen molar-refractivity contribution < 1.29 is 9.90 Å². The monoisotopic (exact) mass is 411 g/mol. The zero-order valence-corrected chi connectivity index (χ0v) is 17.8. The van der Waals surface area contributed by atoms with Gasteiger partial charge in [-0.2, -0.15) is 0 Å². The molecule has 158 valence electrons. The van der Waals surface area contributed by atoms with Gasteiger partial charge in [-0.15, -0.1) is 0 Å². The second kappa shape index (κ2) is 9.76. The molecular formula is C28H29NO2. The predicted molar refractivity (Wildman–Crippen MR) is 125 cm³/mol. The van der Waals surface area contributed by atoms with E-state index in [1.54, 1.807) is 6.08 Å². The van der Waals surface area contributed by atoms with E-state index in [1.807, 2.05) is 71.6 Å². The summed E-state index contributed by atoms with van der Waals surface area (Å²) in [7, 11) is 0. The number of hydrogen-bond acceptors (Lipinski definition) is 2. The molecule has 0 aromatic heterocycles. The molecular weight excluding hydrogens is 382 g/mol. The number of hydrogen-bond donors (Lipinski definition) is 1. The Morgan fingerprint density at radius 3 is 2.00 bits per heavy atom. The van der Waals surface area contributed by atoms with Crippen LogP contribution in [0.3, 0.4) is 0 Å². The number of piperidine rings is 1. The summed E-state index contributed by atoms with van der Waals surface area (Å²) in [6.07, 6.45) is 4.61. The van der Waals surface area contributed by atoms with Crippen molar-refractivity contribution in [1.29, 1.82) is 0 Å². The van der Waals surface area contributed by atoms with Crippen LogP contribution in [0.2, 0.25) is 0 Å². The van der Waals surface area contributed by atoms with Crippen molar-refractivity contribution in [2.45, 2.75) is 31.3 Å². The fourth-order valence-corrected chi connectivity index (χ4v) is 4.25. The lowest BCUT2D eigenvalue weighted by molar-refractivity contribution is -0.130. The highest BCUT2D eigenvalue weighted by Gasteiger charge is 2.34. The molecule has 1 fully saturated rings. The summed E-state index contributed by atoms with van der Waals surface area (Å²) in [4.78, 5) is 15.0. The third-order valence-electron chi connectivity index (χ3n) is 6.18. The van der Waals surface area contributed by atoms with Gasteiger partial charge in [0, 0.05) is 19.2 Å². The van der Waals surface area contributed by atoms with Crippen molar-refractivity contribution in [3.05, 3.63) is 114 Å². The summed E-state index contributed by atoms with van der Waals surface area (Å²) >= 11 is 0. The standard InChI is InChI=1S/C28H29NO2/c30-27(29-20-18-28(31,19-21-29)26-14-8-3-9-15-26)22-25(24-12-6-2-7-13-24)17-16-23-10-4-1-5-11-23/h1-15,22,31H,16-21H2/b25-22-. The highest BCUT2D eigenvalue weighted by atomic mass is 16.3. The van der Waals surface area contributed by atoms with E-state index < -0.39 is 5.60 Å². The SMILES string of the molecule is O=C(/C=C(/CCc1ccccc1)c1ccccc1)N1CCC(O)(c2ccccc2)CC1. The number of allylic oxidation sites excluding steroid dienone is 1. The lowest BCUT2D eigenvalue weighted by atomic mass is 9.84. The molecule has 3 aromatic carbocycles. The van der Waals surface area contributed by atoms with Crippen LogP contribution in [0, 0.1) is 0 Å². The van der Waals surface area contributed by atoms with Crippen LogP contribution in [-0.4, -0.2) is 29.0 Å². The van der Waals surface area contributed by atoms with E-state index in [1.165, 1.54) is 5.56 Å². The Hall–Kier alpha value is -3.17.